The Kier molecular flexibility index (Phi) is 26.3. The van der Waals surface area contributed by atoms with E-state index in [9.17, 15) is 27.2 Å². The topological polar surface area (TPSA) is 234 Å². The molecule has 18 nitrogen and oxygen atoms in total. The molecule has 15 heterocycles. The highest BCUT2D eigenvalue weighted by Gasteiger charge is 2.27. The van der Waals surface area contributed by atoms with Crippen molar-refractivity contribution in [2.24, 2.45) is 5.73 Å². The third-order valence-electron chi connectivity index (χ3n) is 24.9. The SMILES string of the molecule is CC(=O)N1CCc2cc(-c3cncc(-c4cc(-c5cc(Cl)ccc5F)nc5ncccc45)c3)ccc21.CN1CCc2ccc(-c3cncc(-c4cc(-c5cc(Cl)ccc5F)nc5ncccc45)c3)cc2C1.NCCc1cccc(-c2cncc(-c3cc(-c4cc(Cl)ccc4F)nc4ncccc34)c2)c1.O=C1CCc2cc(-c3cncc(-c4cc(-c5cc(Cl)ccc5F)nc5ncccc45)c3)cnc2C1. The van der Waals surface area contributed by atoms with Crippen LogP contribution in [0.15, 0.2) is 317 Å². The third kappa shape index (κ3) is 19.8. The lowest BCUT2D eigenvalue weighted by Crippen LogP contribution is -2.26. The molecule has 2 aliphatic heterocycles. The predicted molar refractivity (Wildman–Crippen MR) is 544 cm³/mol. The first-order valence-electron chi connectivity index (χ1n) is 44.9. The molecule has 0 saturated heterocycles. The zero-order valence-electron chi connectivity index (χ0n) is 74.7. The molecular formula is C113H80Cl4F4N16O2. The lowest BCUT2D eigenvalue weighted by Gasteiger charge is -2.25. The number of benzene rings is 7. The monoisotopic (exact) mass is 1910 g/mol. The van der Waals surface area contributed by atoms with Crippen molar-refractivity contribution >= 4 is 108 Å². The van der Waals surface area contributed by atoms with Crippen LogP contribution in [0.5, 0.6) is 0 Å². The maximum Gasteiger partial charge on any atom is 0.223 e. The Morgan fingerprint density at radius 2 is 0.719 bits per heavy atom. The summed E-state index contributed by atoms with van der Waals surface area (Å²) in [6.45, 7) is 4.92. The lowest BCUT2D eigenvalue weighted by molar-refractivity contribution is -0.119. The molecule has 680 valence electrons. The smallest absolute Gasteiger partial charge is 0.223 e. The molecule has 26 heteroatoms. The van der Waals surface area contributed by atoms with Crippen molar-refractivity contribution in [3.8, 4) is 134 Å². The van der Waals surface area contributed by atoms with Gasteiger partial charge in [-0.25, -0.2) is 57.4 Å². The molecule has 20 aromatic rings. The molecule has 139 heavy (non-hydrogen) atoms. The van der Waals surface area contributed by atoms with Crippen LogP contribution < -0.4 is 10.6 Å². The summed E-state index contributed by atoms with van der Waals surface area (Å²) in [6, 6.07) is 72.0. The number of hydrogen-bond acceptors (Lipinski definition) is 17. The van der Waals surface area contributed by atoms with Gasteiger partial charge in [-0.15, -0.1) is 0 Å². The fraction of sp³-hybridized carbons (Fsp3) is 0.106. The Morgan fingerprint density at radius 1 is 0.345 bits per heavy atom. The number of nitrogens with two attached hydrogens (primary N) is 1. The fourth-order valence-electron chi connectivity index (χ4n) is 18.0. The van der Waals surface area contributed by atoms with Crippen molar-refractivity contribution in [2.45, 2.75) is 52.0 Å². The predicted octanol–water partition coefficient (Wildman–Crippen LogP) is 26.1. The van der Waals surface area contributed by atoms with Gasteiger partial charge in [-0.3, -0.25) is 34.5 Å². The lowest BCUT2D eigenvalue weighted by atomic mass is 9.92. The number of pyridine rings is 13. The van der Waals surface area contributed by atoms with E-state index in [1.165, 1.54) is 65.2 Å². The van der Waals surface area contributed by atoms with E-state index in [-0.39, 0.29) is 17.5 Å². The number of fused-ring (bicyclic) bond motifs is 7. The molecule has 0 spiro atoms. The van der Waals surface area contributed by atoms with E-state index >= 15 is 0 Å². The van der Waals surface area contributed by atoms with Crippen molar-refractivity contribution in [2.75, 3.05) is 31.6 Å². The van der Waals surface area contributed by atoms with E-state index in [4.69, 9.17) is 52.1 Å². The summed E-state index contributed by atoms with van der Waals surface area (Å²) in [5.74, 6) is -1.31. The Bertz CT molecular complexity index is 8260. The molecule has 1 amide bonds. The van der Waals surface area contributed by atoms with Crippen LogP contribution >= 0.6 is 46.4 Å². The number of likely N-dealkylation sites (N-methyl/N-ethyl adjacent to an activating group) is 1. The number of nitrogens with zero attached hydrogens (tertiary/aromatic N) is 15. The first kappa shape index (κ1) is 91.2. The van der Waals surface area contributed by atoms with Gasteiger partial charge in [-0.05, 0) is 300 Å². The highest BCUT2D eigenvalue weighted by molar-refractivity contribution is 6.32. The van der Waals surface area contributed by atoms with Gasteiger partial charge in [-0.2, -0.15) is 0 Å². The molecule has 0 unspecified atom stereocenters. The minimum absolute atomic E-state index is 0.0512. The van der Waals surface area contributed by atoms with Crippen LogP contribution in [0.25, 0.3) is 178 Å². The molecule has 7 aromatic carbocycles. The van der Waals surface area contributed by atoms with Crippen molar-refractivity contribution < 1.29 is 27.2 Å². The van der Waals surface area contributed by atoms with E-state index in [1.54, 1.807) is 91.9 Å². The van der Waals surface area contributed by atoms with Gasteiger partial charge in [0, 0.05) is 240 Å². The third-order valence-corrected chi connectivity index (χ3v) is 25.8. The first-order valence-corrected chi connectivity index (χ1v) is 46.4. The quantitative estimate of drug-likeness (QED) is 0.0997. The van der Waals surface area contributed by atoms with Gasteiger partial charge >= 0.3 is 0 Å². The first-order chi connectivity index (χ1) is 67.7. The number of carbonyl (C=O) groups excluding carboxylic acids is 2. The van der Waals surface area contributed by atoms with Crippen molar-refractivity contribution in [3.05, 3.63) is 394 Å². The Hall–Kier alpha value is -15.5. The number of aromatic nitrogens is 13. The van der Waals surface area contributed by atoms with Gasteiger partial charge in [-0.1, -0.05) is 88.9 Å². The maximum absolute atomic E-state index is 14.7. The standard InChI is InChI=1S/C29H20ClFN4O.C29H22ClFN4.C28H18ClFN4O.C27H20ClFN4/c1-17(36)35-10-8-19-11-18(4-7-28(19)35)20-12-21(16-32-15-20)24-14-27(25-13-22(30)5-6-26(25)31)34-29-23(24)3-2-9-33-29;1-35-10-8-18-4-5-19(11-22(18)17-35)20-12-21(16-32-15-20)25-14-28(26-13-23(30)6-7-27(26)31)34-29-24(25)3-2-9-33-29;29-20-4-6-25(30)24(10-20)27-12-23(22-2-1-7-32-28(22)34-27)19-9-17(13-31-14-19)18-8-16-3-5-21(35)11-26(16)33-15-18;28-21-6-7-25(29)24(13-21)26-14-23(22-5-2-10-32-27(22)33-26)20-12-19(15-31-16-20)18-4-1-3-17(11-18)8-9-30/h2-7,9,11-16H,8,10H2,1H3;2-7,9,11-16H,8,10,17H2,1H3;1-2,4,6-10,12-15H,3,5,11H2;1-7,10-16H,8-9,30H2. The summed E-state index contributed by atoms with van der Waals surface area (Å²) in [5, 5.41) is 5.16. The highest BCUT2D eigenvalue weighted by Crippen LogP contribution is 2.43. The van der Waals surface area contributed by atoms with Gasteiger partial charge < -0.3 is 15.5 Å². The molecule has 23 rings (SSSR count). The summed E-state index contributed by atoms with van der Waals surface area (Å²) in [7, 11) is 2.15. The minimum atomic E-state index is -0.409. The molecule has 0 fully saturated rings. The van der Waals surface area contributed by atoms with Gasteiger partial charge in [0.25, 0.3) is 0 Å². The molecule has 0 atom stereocenters. The summed E-state index contributed by atoms with van der Waals surface area (Å²) in [4.78, 5) is 86.6. The Morgan fingerprint density at radius 3 is 1.14 bits per heavy atom. The molecular weight excluding hydrogens is 1830 g/mol. The molecule has 0 bridgehead atoms. The van der Waals surface area contributed by atoms with Crippen LogP contribution in [0, 0.1) is 23.3 Å². The second kappa shape index (κ2) is 40.0. The number of carbonyl (C=O) groups is 2. The average Bonchev–Trinajstić information content (AvgIpc) is 1.14. The fourth-order valence-corrected chi connectivity index (χ4v) is 18.7. The summed E-state index contributed by atoms with van der Waals surface area (Å²) in [6.07, 6.45) is 27.4. The Balaban J connectivity index is 0.000000114. The van der Waals surface area contributed by atoms with Crippen molar-refractivity contribution in [3.63, 3.8) is 0 Å². The minimum Gasteiger partial charge on any atom is -0.330 e. The molecule has 0 radical (unpaired) electrons. The Labute approximate surface area is 816 Å². The van der Waals surface area contributed by atoms with E-state index in [1.807, 2.05) is 122 Å². The average molecular weight is 1910 g/mol. The molecule has 2 N–H and O–H groups in total. The summed E-state index contributed by atoms with van der Waals surface area (Å²) < 4.78 is 58.7. The zero-order valence-corrected chi connectivity index (χ0v) is 77.7. The zero-order chi connectivity index (χ0) is 95.5. The van der Waals surface area contributed by atoms with Crippen LogP contribution in [-0.4, -0.2) is 108 Å². The summed E-state index contributed by atoms with van der Waals surface area (Å²) >= 11 is 24.6. The number of rotatable bonds is 14. The van der Waals surface area contributed by atoms with E-state index in [0.29, 0.717) is 120 Å². The number of amides is 1. The van der Waals surface area contributed by atoms with Crippen LogP contribution in [0.1, 0.15) is 46.9 Å². The number of hydrogen-bond donors (Lipinski definition) is 1. The number of Topliss-reactive ketones (excluding diaryl/α,β-unsaturated/α-hetero) is 1. The van der Waals surface area contributed by atoms with Crippen molar-refractivity contribution in [1.29, 1.82) is 0 Å². The summed E-state index contributed by atoms with van der Waals surface area (Å²) in [5.41, 5.74) is 33.9. The molecule has 0 saturated carbocycles. The van der Waals surface area contributed by atoms with Crippen LogP contribution in [-0.2, 0) is 48.2 Å². The maximum atomic E-state index is 14.7. The van der Waals surface area contributed by atoms with Gasteiger partial charge in [0.05, 0.1) is 28.5 Å². The normalized spacial score (nSPS) is 12.7. The van der Waals surface area contributed by atoms with E-state index in [2.05, 4.69) is 143 Å². The largest absolute Gasteiger partial charge is 0.330 e. The van der Waals surface area contributed by atoms with Gasteiger partial charge in [0.1, 0.15) is 29.1 Å². The van der Waals surface area contributed by atoms with Crippen LogP contribution in [0.3, 0.4) is 0 Å². The molecule has 1 aliphatic carbocycles. The van der Waals surface area contributed by atoms with E-state index in [0.717, 1.165) is 165 Å². The molecule has 13 aromatic heterocycles. The number of aryl methyl sites for hydroxylation is 1. The number of halogens is 8. The highest BCUT2D eigenvalue weighted by atomic mass is 35.5. The van der Waals surface area contributed by atoms with Crippen LogP contribution in [0.4, 0.5) is 23.2 Å². The van der Waals surface area contributed by atoms with Crippen LogP contribution in [0.2, 0.25) is 20.1 Å². The van der Waals surface area contributed by atoms with Crippen molar-refractivity contribution in [1.82, 2.24) is 69.7 Å². The van der Waals surface area contributed by atoms with Gasteiger partial charge in [0.15, 0.2) is 22.6 Å². The second-order valence-corrected chi connectivity index (χ2v) is 35.8. The molecule has 3 aliphatic rings. The van der Waals surface area contributed by atoms with Gasteiger partial charge in [0.2, 0.25) is 5.91 Å². The second-order valence-electron chi connectivity index (χ2n) is 34.1. The number of anilines is 1. The number of ketones is 1. The van der Waals surface area contributed by atoms with E-state index < -0.39 is 17.5 Å².